The van der Waals surface area contributed by atoms with Gasteiger partial charge in [-0.3, -0.25) is 4.40 Å². The quantitative estimate of drug-likeness (QED) is 0.905. The first kappa shape index (κ1) is 9.68. The van der Waals surface area contributed by atoms with Crippen LogP contribution in [-0.2, 0) is 6.42 Å². The molecule has 1 N–H and O–H groups in total. The second kappa shape index (κ2) is 4.11. The van der Waals surface area contributed by atoms with Crippen molar-refractivity contribution in [2.75, 3.05) is 13.6 Å². The highest BCUT2D eigenvalue weighted by Crippen LogP contribution is 2.14. The molecule has 0 saturated heterocycles. The molecule has 0 aliphatic carbocycles. The van der Waals surface area contributed by atoms with Crippen molar-refractivity contribution in [3.8, 4) is 0 Å². The van der Waals surface area contributed by atoms with E-state index in [2.05, 4.69) is 38.5 Å². The molecule has 0 aliphatic heterocycles. The topological polar surface area (TPSA) is 29.3 Å². The van der Waals surface area contributed by atoms with Crippen LogP contribution in [0.25, 0.3) is 5.65 Å². The van der Waals surface area contributed by atoms with Crippen molar-refractivity contribution in [1.82, 2.24) is 14.7 Å². The number of nitrogens with one attached hydrogen (secondary N) is 1. The Kier molecular flexibility index (Phi) is 2.84. The van der Waals surface area contributed by atoms with Crippen molar-refractivity contribution >= 4 is 21.6 Å². The summed E-state index contributed by atoms with van der Waals surface area (Å²) in [6.45, 7) is 0.998. The summed E-state index contributed by atoms with van der Waals surface area (Å²) in [6, 6.07) is 4.15. The van der Waals surface area contributed by atoms with E-state index in [9.17, 15) is 0 Å². The number of nitrogens with zero attached hydrogens (tertiary/aromatic N) is 2. The Hall–Kier alpha value is -0.870. The molecule has 0 bridgehead atoms. The van der Waals surface area contributed by atoms with Gasteiger partial charge in [-0.25, -0.2) is 4.98 Å². The summed E-state index contributed by atoms with van der Waals surface area (Å²) in [7, 11) is 1.96. The number of halogens is 1. The van der Waals surface area contributed by atoms with Crippen molar-refractivity contribution in [3.05, 3.63) is 34.7 Å². The first-order valence-corrected chi connectivity index (χ1v) is 5.36. The number of hydrogen-bond donors (Lipinski definition) is 1. The number of hydrogen-bond acceptors (Lipinski definition) is 2. The third-order valence-electron chi connectivity index (χ3n) is 2.19. The fraction of sp³-hybridized carbons (Fsp3) is 0.300. The normalized spacial score (nSPS) is 11.0. The van der Waals surface area contributed by atoms with Crippen LogP contribution in [0.1, 0.15) is 5.56 Å². The molecular weight excluding hydrogens is 242 g/mol. The summed E-state index contributed by atoms with van der Waals surface area (Å²) in [5, 5.41) is 3.14. The van der Waals surface area contributed by atoms with E-state index in [1.54, 1.807) is 0 Å². The van der Waals surface area contributed by atoms with Crippen molar-refractivity contribution in [1.29, 1.82) is 0 Å². The van der Waals surface area contributed by atoms with E-state index < -0.39 is 0 Å². The summed E-state index contributed by atoms with van der Waals surface area (Å²) in [6.07, 6.45) is 4.97. The van der Waals surface area contributed by atoms with E-state index in [-0.39, 0.29) is 0 Å². The van der Waals surface area contributed by atoms with Gasteiger partial charge in [-0.1, -0.05) is 6.07 Å². The largest absolute Gasteiger partial charge is 0.319 e. The van der Waals surface area contributed by atoms with E-state index >= 15 is 0 Å². The highest BCUT2D eigenvalue weighted by molar-refractivity contribution is 9.10. The van der Waals surface area contributed by atoms with Gasteiger partial charge in [0.2, 0.25) is 0 Å². The molecule has 0 amide bonds. The number of aromatic nitrogens is 2. The Morgan fingerprint density at radius 2 is 2.36 bits per heavy atom. The third kappa shape index (κ3) is 1.81. The molecule has 2 heterocycles. The minimum Gasteiger partial charge on any atom is -0.319 e. The average Bonchev–Trinajstić information content (AvgIpc) is 2.57. The second-order valence-corrected chi connectivity index (χ2v) is 4.01. The lowest BCUT2D eigenvalue weighted by Crippen LogP contribution is -2.10. The first-order valence-electron chi connectivity index (χ1n) is 4.57. The lowest BCUT2D eigenvalue weighted by molar-refractivity contribution is 0.788. The molecule has 0 radical (unpaired) electrons. The summed E-state index contributed by atoms with van der Waals surface area (Å²) >= 11 is 3.45. The standard InChI is InChI=1S/C10H12BrN3/c1-12-5-4-8-2-3-10-13-6-9(11)14(10)7-8/h2-3,6-7,12H,4-5H2,1H3. The fourth-order valence-corrected chi connectivity index (χ4v) is 1.80. The lowest BCUT2D eigenvalue weighted by Gasteiger charge is -2.02. The number of pyridine rings is 1. The predicted octanol–water partition coefficient (Wildman–Crippen LogP) is 1.86. The molecule has 2 rings (SSSR count). The van der Waals surface area contributed by atoms with Gasteiger partial charge < -0.3 is 5.32 Å². The summed E-state index contributed by atoms with van der Waals surface area (Å²) in [4.78, 5) is 4.24. The van der Waals surface area contributed by atoms with Gasteiger partial charge in [0.1, 0.15) is 10.3 Å². The Morgan fingerprint density at radius 3 is 3.14 bits per heavy atom. The van der Waals surface area contributed by atoms with Gasteiger partial charge in [-0.2, -0.15) is 0 Å². The molecule has 3 nitrogen and oxygen atoms in total. The zero-order chi connectivity index (χ0) is 9.97. The monoisotopic (exact) mass is 253 g/mol. The van der Waals surface area contributed by atoms with Crippen LogP contribution in [0.15, 0.2) is 29.1 Å². The van der Waals surface area contributed by atoms with Crippen LogP contribution >= 0.6 is 15.9 Å². The Balaban J connectivity index is 2.34. The van der Waals surface area contributed by atoms with Crippen LogP contribution in [-0.4, -0.2) is 23.0 Å². The Labute approximate surface area is 91.3 Å². The van der Waals surface area contributed by atoms with Crippen LogP contribution in [0.4, 0.5) is 0 Å². The van der Waals surface area contributed by atoms with Crippen LogP contribution < -0.4 is 5.32 Å². The van der Waals surface area contributed by atoms with Crippen LogP contribution in [0.2, 0.25) is 0 Å². The molecule has 0 unspecified atom stereocenters. The highest BCUT2D eigenvalue weighted by atomic mass is 79.9. The van der Waals surface area contributed by atoms with E-state index in [1.165, 1.54) is 5.56 Å². The molecule has 0 fully saturated rings. The maximum atomic E-state index is 4.24. The zero-order valence-corrected chi connectivity index (χ0v) is 9.58. The number of imidazole rings is 1. The summed E-state index contributed by atoms with van der Waals surface area (Å²) in [5.41, 5.74) is 2.29. The minimum atomic E-state index is 0.977. The Morgan fingerprint density at radius 1 is 1.50 bits per heavy atom. The molecule has 14 heavy (non-hydrogen) atoms. The van der Waals surface area contributed by atoms with Gasteiger partial charge in [-0.05, 0) is 47.6 Å². The third-order valence-corrected chi connectivity index (χ3v) is 2.77. The van der Waals surface area contributed by atoms with Gasteiger partial charge in [0, 0.05) is 6.20 Å². The van der Waals surface area contributed by atoms with Crippen LogP contribution in [0.5, 0.6) is 0 Å². The van der Waals surface area contributed by atoms with Gasteiger partial charge in [0.25, 0.3) is 0 Å². The van der Waals surface area contributed by atoms with Gasteiger partial charge >= 0.3 is 0 Å². The van der Waals surface area contributed by atoms with Crippen molar-refractivity contribution in [3.63, 3.8) is 0 Å². The molecule has 0 aromatic carbocycles. The van der Waals surface area contributed by atoms with E-state index in [0.29, 0.717) is 0 Å². The molecule has 2 aromatic heterocycles. The maximum absolute atomic E-state index is 4.24. The van der Waals surface area contributed by atoms with Crippen molar-refractivity contribution in [2.24, 2.45) is 0 Å². The summed E-state index contributed by atoms with van der Waals surface area (Å²) < 4.78 is 3.05. The number of fused-ring (bicyclic) bond motifs is 1. The molecule has 0 spiro atoms. The molecule has 4 heteroatoms. The van der Waals surface area contributed by atoms with Crippen LogP contribution in [0.3, 0.4) is 0 Å². The molecule has 2 aromatic rings. The fourth-order valence-electron chi connectivity index (χ4n) is 1.41. The number of rotatable bonds is 3. The molecule has 0 saturated carbocycles. The average molecular weight is 254 g/mol. The molecule has 0 aliphatic rings. The molecule has 74 valence electrons. The highest BCUT2D eigenvalue weighted by Gasteiger charge is 2.00. The first-order chi connectivity index (χ1) is 6.81. The molecule has 0 atom stereocenters. The van der Waals surface area contributed by atoms with Gasteiger partial charge in [-0.15, -0.1) is 0 Å². The second-order valence-electron chi connectivity index (χ2n) is 3.20. The van der Waals surface area contributed by atoms with E-state index in [4.69, 9.17) is 0 Å². The maximum Gasteiger partial charge on any atom is 0.137 e. The minimum absolute atomic E-state index is 0.977. The Bertz CT molecular complexity index is 436. The SMILES string of the molecule is CNCCc1ccc2ncc(Br)n2c1. The summed E-state index contributed by atoms with van der Waals surface area (Å²) in [5.74, 6) is 0. The van der Waals surface area contributed by atoms with Crippen LogP contribution in [0, 0.1) is 0 Å². The van der Waals surface area contributed by atoms with E-state index in [0.717, 1.165) is 23.2 Å². The van der Waals surface area contributed by atoms with Gasteiger partial charge in [0.05, 0.1) is 6.20 Å². The van der Waals surface area contributed by atoms with Crippen molar-refractivity contribution in [2.45, 2.75) is 6.42 Å². The van der Waals surface area contributed by atoms with Gasteiger partial charge in [0.15, 0.2) is 0 Å². The number of likely N-dealkylation sites (N-methyl/N-ethyl adjacent to an activating group) is 1. The zero-order valence-electron chi connectivity index (χ0n) is 8.00. The van der Waals surface area contributed by atoms with E-state index in [1.807, 2.05) is 23.7 Å². The smallest absolute Gasteiger partial charge is 0.137 e. The van der Waals surface area contributed by atoms with Crippen molar-refractivity contribution < 1.29 is 0 Å². The lowest BCUT2D eigenvalue weighted by atomic mass is 10.2. The predicted molar refractivity (Wildman–Crippen MR) is 60.5 cm³/mol. The molecular formula is C10H12BrN3.